The van der Waals surface area contributed by atoms with E-state index in [1.807, 2.05) is 0 Å². The summed E-state index contributed by atoms with van der Waals surface area (Å²) >= 11 is 0. The molecule has 6 heteroatoms. The second kappa shape index (κ2) is 4.71. The highest BCUT2D eigenvalue weighted by Gasteiger charge is 2.12. The molecule has 0 aliphatic carbocycles. The Balaban J connectivity index is 2.41. The predicted molar refractivity (Wildman–Crippen MR) is 49.3 cm³/mol. The number of nitrogens with zero attached hydrogens (tertiary/aromatic N) is 3. The van der Waals surface area contributed by atoms with Gasteiger partial charge in [0.25, 0.3) is 0 Å². The Morgan fingerprint density at radius 3 is 3.00 bits per heavy atom. The van der Waals surface area contributed by atoms with E-state index < -0.39 is 0 Å². The fourth-order valence-electron chi connectivity index (χ4n) is 0.989. The van der Waals surface area contributed by atoms with Crippen LogP contribution in [0.3, 0.4) is 0 Å². The van der Waals surface area contributed by atoms with E-state index in [9.17, 15) is 4.79 Å². The number of hydrogen-bond donors (Lipinski definition) is 1. The number of aryl methyl sites for hydroxylation is 1. The summed E-state index contributed by atoms with van der Waals surface area (Å²) in [5.41, 5.74) is 0.917. The fourth-order valence-corrected chi connectivity index (χ4v) is 0.989. The Kier molecular flexibility index (Phi) is 3.58. The largest absolute Gasteiger partial charge is 0.468 e. The zero-order chi connectivity index (χ0) is 10.6. The molecule has 0 amide bonds. The monoisotopic (exact) mass is 198 g/mol. The van der Waals surface area contributed by atoms with Gasteiger partial charge in [0.2, 0.25) is 0 Å². The van der Waals surface area contributed by atoms with Gasteiger partial charge < -0.3 is 4.74 Å². The molecule has 1 rings (SSSR count). The van der Waals surface area contributed by atoms with Crippen LogP contribution in [-0.4, -0.2) is 34.1 Å². The predicted octanol–water partition coefficient (Wildman–Crippen LogP) is -0.534. The topological polar surface area (TPSA) is 69.0 Å². The van der Waals surface area contributed by atoms with Crippen LogP contribution in [-0.2, 0) is 23.1 Å². The van der Waals surface area contributed by atoms with E-state index in [4.69, 9.17) is 0 Å². The number of rotatable bonds is 4. The Hall–Kier alpha value is -1.43. The van der Waals surface area contributed by atoms with Crippen molar-refractivity contribution >= 4 is 5.97 Å². The number of esters is 1. The Labute approximate surface area is 82.2 Å². The summed E-state index contributed by atoms with van der Waals surface area (Å²) < 4.78 is 6.22. The third-order valence-electron chi connectivity index (χ3n) is 1.95. The first kappa shape index (κ1) is 10.6. The van der Waals surface area contributed by atoms with E-state index in [0.717, 1.165) is 5.69 Å². The Morgan fingerprint density at radius 1 is 1.79 bits per heavy atom. The van der Waals surface area contributed by atoms with Crippen molar-refractivity contribution in [2.45, 2.75) is 19.5 Å². The highest BCUT2D eigenvalue weighted by atomic mass is 16.5. The minimum absolute atomic E-state index is 0.278. The van der Waals surface area contributed by atoms with Gasteiger partial charge in [-0.05, 0) is 6.92 Å². The third-order valence-corrected chi connectivity index (χ3v) is 1.95. The van der Waals surface area contributed by atoms with Crippen molar-refractivity contribution in [1.29, 1.82) is 0 Å². The highest BCUT2D eigenvalue weighted by molar-refractivity contribution is 5.74. The van der Waals surface area contributed by atoms with Gasteiger partial charge in [0.05, 0.1) is 19.0 Å². The van der Waals surface area contributed by atoms with Crippen LogP contribution in [0.15, 0.2) is 6.20 Å². The lowest BCUT2D eigenvalue weighted by molar-refractivity contribution is -0.142. The Morgan fingerprint density at radius 2 is 2.50 bits per heavy atom. The molecule has 0 saturated carbocycles. The van der Waals surface area contributed by atoms with E-state index in [1.165, 1.54) is 7.11 Å². The van der Waals surface area contributed by atoms with E-state index in [-0.39, 0.29) is 12.0 Å². The van der Waals surface area contributed by atoms with Crippen molar-refractivity contribution in [2.24, 2.45) is 7.05 Å². The van der Waals surface area contributed by atoms with Crippen LogP contribution in [0, 0.1) is 0 Å². The summed E-state index contributed by atoms with van der Waals surface area (Å²) in [7, 11) is 3.17. The summed E-state index contributed by atoms with van der Waals surface area (Å²) in [4.78, 5) is 11.0. The Bertz CT molecular complexity index is 310. The molecule has 0 spiro atoms. The molecule has 0 bridgehead atoms. The summed E-state index contributed by atoms with van der Waals surface area (Å²) in [6.07, 6.45) is 1.65. The van der Waals surface area contributed by atoms with E-state index in [0.29, 0.717) is 6.54 Å². The molecule has 14 heavy (non-hydrogen) atoms. The smallest absolute Gasteiger partial charge is 0.322 e. The average Bonchev–Trinajstić information content (AvgIpc) is 2.59. The van der Waals surface area contributed by atoms with Crippen molar-refractivity contribution in [3.63, 3.8) is 0 Å². The zero-order valence-electron chi connectivity index (χ0n) is 8.52. The summed E-state index contributed by atoms with van der Waals surface area (Å²) in [5.74, 6) is -0.278. The van der Waals surface area contributed by atoms with Crippen molar-refractivity contribution in [3.8, 4) is 0 Å². The molecular weight excluding hydrogens is 184 g/mol. The maximum Gasteiger partial charge on any atom is 0.322 e. The minimum Gasteiger partial charge on any atom is -0.468 e. The molecule has 0 saturated heterocycles. The highest BCUT2D eigenvalue weighted by Crippen LogP contribution is 1.94. The molecule has 78 valence electrons. The van der Waals surface area contributed by atoms with Crippen molar-refractivity contribution in [2.75, 3.05) is 7.11 Å². The van der Waals surface area contributed by atoms with Crippen molar-refractivity contribution < 1.29 is 9.53 Å². The number of nitrogens with one attached hydrogen (secondary N) is 1. The molecule has 1 unspecified atom stereocenters. The molecule has 6 nitrogen and oxygen atoms in total. The van der Waals surface area contributed by atoms with Crippen LogP contribution in [0.5, 0.6) is 0 Å². The number of carbonyl (C=O) groups is 1. The number of methoxy groups -OCH3 is 1. The second-order valence-corrected chi connectivity index (χ2v) is 2.97. The van der Waals surface area contributed by atoms with Gasteiger partial charge in [-0.3, -0.25) is 14.8 Å². The molecule has 1 N–H and O–H groups in total. The van der Waals surface area contributed by atoms with Crippen LogP contribution >= 0.6 is 0 Å². The van der Waals surface area contributed by atoms with Crippen LogP contribution < -0.4 is 5.32 Å². The third kappa shape index (κ3) is 2.53. The summed E-state index contributed by atoms with van der Waals surface area (Å²) in [6, 6.07) is -0.324. The second-order valence-electron chi connectivity index (χ2n) is 2.97. The number of carbonyl (C=O) groups excluding carboxylic acids is 1. The normalized spacial score (nSPS) is 12.5. The molecule has 0 aliphatic heterocycles. The van der Waals surface area contributed by atoms with Crippen LogP contribution in [0.2, 0.25) is 0 Å². The number of hydrogen-bond acceptors (Lipinski definition) is 5. The maximum atomic E-state index is 11.0. The first-order chi connectivity index (χ1) is 6.65. The van der Waals surface area contributed by atoms with Gasteiger partial charge in [-0.15, -0.1) is 5.10 Å². The molecule has 0 aliphatic rings. The molecule has 0 fully saturated rings. The molecule has 0 aromatic carbocycles. The maximum absolute atomic E-state index is 11.0. The molecular formula is C8H14N4O2. The van der Waals surface area contributed by atoms with Gasteiger partial charge >= 0.3 is 5.97 Å². The van der Waals surface area contributed by atoms with Crippen molar-refractivity contribution in [1.82, 2.24) is 20.3 Å². The molecule has 0 radical (unpaired) electrons. The summed E-state index contributed by atoms with van der Waals surface area (Å²) in [5, 5.41) is 10.5. The van der Waals surface area contributed by atoms with E-state index >= 15 is 0 Å². The lowest BCUT2D eigenvalue weighted by Crippen LogP contribution is -2.34. The van der Waals surface area contributed by atoms with E-state index in [1.54, 1.807) is 24.9 Å². The zero-order valence-corrected chi connectivity index (χ0v) is 8.52. The first-order valence-corrected chi connectivity index (χ1v) is 4.30. The number of ether oxygens (including phenoxy) is 1. The molecule has 1 aromatic heterocycles. The fraction of sp³-hybridized carbons (Fsp3) is 0.625. The quantitative estimate of drug-likeness (QED) is 0.658. The molecule has 1 heterocycles. The number of aromatic nitrogens is 3. The average molecular weight is 198 g/mol. The summed E-state index contributed by atoms with van der Waals surface area (Å²) in [6.45, 7) is 2.29. The van der Waals surface area contributed by atoms with Crippen LogP contribution in [0.1, 0.15) is 12.6 Å². The van der Waals surface area contributed by atoms with Gasteiger partial charge in [-0.2, -0.15) is 0 Å². The molecule has 1 aromatic rings. The SMILES string of the molecule is COC(=O)C(C)NCc1cnnn1C. The lowest BCUT2D eigenvalue weighted by atomic mass is 10.3. The van der Waals surface area contributed by atoms with Gasteiger partial charge in [-0.25, -0.2) is 0 Å². The van der Waals surface area contributed by atoms with Gasteiger partial charge in [0.15, 0.2) is 0 Å². The lowest BCUT2D eigenvalue weighted by Gasteiger charge is -2.10. The van der Waals surface area contributed by atoms with Crippen LogP contribution in [0.4, 0.5) is 0 Å². The molecule has 1 atom stereocenters. The van der Waals surface area contributed by atoms with Gasteiger partial charge in [0, 0.05) is 13.6 Å². The van der Waals surface area contributed by atoms with Crippen molar-refractivity contribution in [3.05, 3.63) is 11.9 Å². The standard InChI is InChI=1S/C8H14N4O2/c1-6(8(13)14-3)9-4-7-5-10-11-12(7)2/h5-6,9H,4H2,1-3H3. The van der Waals surface area contributed by atoms with E-state index in [2.05, 4.69) is 20.4 Å². The minimum atomic E-state index is -0.324. The van der Waals surface area contributed by atoms with Crippen LogP contribution in [0.25, 0.3) is 0 Å². The first-order valence-electron chi connectivity index (χ1n) is 4.30. The van der Waals surface area contributed by atoms with Gasteiger partial charge in [-0.1, -0.05) is 5.21 Å². The van der Waals surface area contributed by atoms with Gasteiger partial charge in [0.1, 0.15) is 6.04 Å².